The first-order valence-corrected chi connectivity index (χ1v) is 11.2. The molecule has 2 aromatic rings. The minimum absolute atomic E-state index is 0.0209. The first-order valence-electron chi connectivity index (χ1n) is 9.69. The third kappa shape index (κ3) is 4.06. The molecule has 0 aromatic heterocycles. The van der Waals surface area contributed by atoms with E-state index in [0.29, 0.717) is 0 Å². The molecule has 3 nitrogen and oxygen atoms in total. The van der Waals surface area contributed by atoms with Crippen LogP contribution in [0.1, 0.15) is 58.8 Å². The summed E-state index contributed by atoms with van der Waals surface area (Å²) in [5, 5.41) is 3.45. The van der Waals surface area contributed by atoms with Gasteiger partial charge in [-0.3, -0.25) is 9.69 Å². The Balaban J connectivity index is 2.02. The lowest BCUT2D eigenvalue weighted by atomic mass is 9.82. The first kappa shape index (κ1) is 20.3. The van der Waals surface area contributed by atoms with Gasteiger partial charge in [-0.2, -0.15) is 0 Å². The van der Waals surface area contributed by atoms with Crippen LogP contribution in [-0.2, 0) is 0 Å². The van der Waals surface area contributed by atoms with Crippen molar-refractivity contribution in [1.82, 2.24) is 10.2 Å². The Morgan fingerprint density at radius 2 is 1.67 bits per heavy atom. The van der Waals surface area contributed by atoms with Gasteiger partial charge in [0.05, 0.1) is 10.6 Å². The van der Waals surface area contributed by atoms with Crippen molar-refractivity contribution in [3.63, 3.8) is 0 Å². The van der Waals surface area contributed by atoms with Gasteiger partial charge >= 0.3 is 0 Å². The van der Waals surface area contributed by atoms with Crippen molar-refractivity contribution in [2.45, 2.75) is 51.1 Å². The van der Waals surface area contributed by atoms with Gasteiger partial charge in [0, 0.05) is 11.1 Å². The highest BCUT2D eigenvalue weighted by atomic mass is 127. The number of rotatable bonds is 6. The molecule has 0 spiro atoms. The fraction of sp³-hybridized carbons (Fsp3) is 0.435. The number of alkyl halides is 1. The van der Waals surface area contributed by atoms with E-state index in [1.165, 1.54) is 18.4 Å². The van der Waals surface area contributed by atoms with E-state index in [-0.39, 0.29) is 17.5 Å². The van der Waals surface area contributed by atoms with Gasteiger partial charge in [-0.05, 0) is 50.4 Å². The summed E-state index contributed by atoms with van der Waals surface area (Å²) in [5.41, 5.74) is 4.03. The van der Waals surface area contributed by atoms with Gasteiger partial charge in [-0.1, -0.05) is 84.0 Å². The minimum Gasteiger partial charge on any atom is -0.343 e. The van der Waals surface area contributed by atoms with Crippen molar-refractivity contribution < 1.29 is 4.79 Å². The Labute approximate surface area is 176 Å². The first-order chi connectivity index (χ1) is 13.0. The van der Waals surface area contributed by atoms with E-state index in [2.05, 4.69) is 64.1 Å². The highest BCUT2D eigenvalue weighted by Crippen LogP contribution is 2.44. The lowest BCUT2D eigenvalue weighted by molar-refractivity contribution is 0.0755. The summed E-state index contributed by atoms with van der Waals surface area (Å²) < 4.78 is 0.945. The summed E-state index contributed by atoms with van der Waals surface area (Å²) in [6.07, 6.45) is 4.64. The number of halogens is 1. The topological polar surface area (TPSA) is 32.3 Å². The van der Waals surface area contributed by atoms with E-state index in [1.54, 1.807) is 0 Å². The number of benzene rings is 2. The molecule has 0 bridgehead atoms. The van der Waals surface area contributed by atoms with Crippen LogP contribution in [0, 0.1) is 13.8 Å². The van der Waals surface area contributed by atoms with Crippen LogP contribution < -0.4 is 5.32 Å². The summed E-state index contributed by atoms with van der Waals surface area (Å²) >= 11 is 2.43. The number of aryl methyl sites for hydroxylation is 2. The smallest absolute Gasteiger partial charge is 0.252 e. The summed E-state index contributed by atoms with van der Waals surface area (Å²) in [5.74, 6) is 0.0348. The molecule has 1 aliphatic rings. The molecule has 1 amide bonds. The van der Waals surface area contributed by atoms with Crippen LogP contribution >= 0.6 is 22.6 Å². The van der Waals surface area contributed by atoms with Crippen molar-refractivity contribution in [2.75, 3.05) is 11.6 Å². The van der Waals surface area contributed by atoms with Gasteiger partial charge in [0.1, 0.15) is 0 Å². The number of hydrogen-bond donors (Lipinski definition) is 1. The third-order valence-electron chi connectivity index (χ3n) is 6.06. The van der Waals surface area contributed by atoms with E-state index in [1.807, 2.05) is 38.1 Å². The summed E-state index contributed by atoms with van der Waals surface area (Å²) in [7, 11) is 2.19. The monoisotopic (exact) mass is 476 g/mol. The van der Waals surface area contributed by atoms with Gasteiger partial charge in [0.15, 0.2) is 0 Å². The van der Waals surface area contributed by atoms with Crippen LogP contribution in [0.5, 0.6) is 0 Å². The van der Waals surface area contributed by atoms with Crippen molar-refractivity contribution >= 4 is 28.5 Å². The van der Waals surface area contributed by atoms with Gasteiger partial charge in [0.25, 0.3) is 5.91 Å². The zero-order chi connectivity index (χ0) is 19.4. The predicted molar refractivity (Wildman–Crippen MR) is 120 cm³/mol. The van der Waals surface area contributed by atoms with Crippen molar-refractivity contribution in [1.29, 1.82) is 0 Å². The summed E-state index contributed by atoms with van der Waals surface area (Å²) in [6, 6.07) is 16.5. The number of carbonyl (C=O) groups excluding carboxylic acids is 1. The molecule has 0 saturated heterocycles. The fourth-order valence-electron chi connectivity index (χ4n) is 4.55. The zero-order valence-corrected chi connectivity index (χ0v) is 18.6. The third-order valence-corrected chi connectivity index (χ3v) is 7.09. The maximum atomic E-state index is 13.3. The van der Waals surface area contributed by atoms with E-state index < -0.39 is 0 Å². The number of likely N-dealkylation sites (N-methyl/N-ethyl adjacent to an activating group) is 1. The number of hydrogen-bond acceptors (Lipinski definition) is 2. The van der Waals surface area contributed by atoms with E-state index in [9.17, 15) is 4.79 Å². The van der Waals surface area contributed by atoms with Crippen LogP contribution in [0.2, 0.25) is 0 Å². The van der Waals surface area contributed by atoms with E-state index >= 15 is 0 Å². The van der Waals surface area contributed by atoms with Gasteiger partial charge in [-0.15, -0.1) is 0 Å². The van der Waals surface area contributed by atoms with Crippen molar-refractivity contribution in [3.8, 4) is 0 Å². The Hall–Kier alpha value is -1.40. The molecular formula is C23H29IN2O. The van der Waals surface area contributed by atoms with E-state index in [0.717, 1.165) is 34.1 Å². The Morgan fingerprint density at radius 3 is 2.22 bits per heavy atom. The minimum atomic E-state index is -0.0329. The highest BCUT2D eigenvalue weighted by molar-refractivity contribution is 14.1. The molecule has 4 heteroatoms. The van der Waals surface area contributed by atoms with Crippen LogP contribution in [0.4, 0.5) is 0 Å². The molecule has 1 unspecified atom stereocenters. The number of nitrogens with zero attached hydrogens (tertiary/aromatic N) is 1. The molecule has 1 atom stereocenters. The molecule has 1 N–H and O–H groups in total. The summed E-state index contributed by atoms with van der Waals surface area (Å²) in [4.78, 5) is 15.8. The standard InChI is InChI=1S/C23H29IN2O/c1-17-10-9-11-18(2)20(17)22(27)25-21(19-12-5-4-6-13-19)23(26(3)16-24)14-7-8-15-23/h4-6,9-13,21H,7-8,14-16H2,1-3H3,(H,25,27). The van der Waals surface area contributed by atoms with Gasteiger partial charge < -0.3 is 5.32 Å². The molecule has 27 heavy (non-hydrogen) atoms. The maximum Gasteiger partial charge on any atom is 0.252 e. The lowest BCUT2D eigenvalue weighted by Crippen LogP contribution is -2.54. The average molecular weight is 476 g/mol. The Bertz CT molecular complexity index is 764. The molecule has 2 aromatic carbocycles. The second kappa shape index (κ2) is 8.74. The molecule has 1 saturated carbocycles. The van der Waals surface area contributed by atoms with Crippen molar-refractivity contribution in [3.05, 3.63) is 70.8 Å². The van der Waals surface area contributed by atoms with Crippen molar-refractivity contribution in [2.24, 2.45) is 0 Å². The maximum absolute atomic E-state index is 13.3. The molecule has 1 fully saturated rings. The van der Waals surface area contributed by atoms with Crippen LogP contribution in [0.3, 0.4) is 0 Å². The molecule has 0 radical (unpaired) electrons. The number of amides is 1. The summed E-state index contributed by atoms with van der Waals surface area (Å²) in [6.45, 7) is 4.03. The number of carbonyl (C=O) groups is 1. The Morgan fingerprint density at radius 1 is 1.07 bits per heavy atom. The van der Waals surface area contributed by atoms with Crippen LogP contribution in [-0.4, -0.2) is 27.9 Å². The predicted octanol–water partition coefficient (Wildman–Crippen LogP) is 5.41. The number of nitrogens with one attached hydrogen (secondary N) is 1. The van der Waals surface area contributed by atoms with Crippen LogP contribution in [0.15, 0.2) is 48.5 Å². The largest absolute Gasteiger partial charge is 0.343 e. The Kier molecular flexibility index (Phi) is 6.58. The second-order valence-electron chi connectivity index (χ2n) is 7.71. The molecular weight excluding hydrogens is 447 g/mol. The fourth-order valence-corrected chi connectivity index (χ4v) is 5.23. The second-order valence-corrected chi connectivity index (χ2v) is 8.39. The highest BCUT2D eigenvalue weighted by Gasteiger charge is 2.45. The van der Waals surface area contributed by atoms with Gasteiger partial charge in [-0.25, -0.2) is 0 Å². The molecule has 144 valence electrons. The lowest BCUT2D eigenvalue weighted by Gasteiger charge is -2.45. The quantitative estimate of drug-likeness (QED) is 0.344. The SMILES string of the molecule is Cc1cccc(C)c1C(=O)NC(c1ccccc1)C1(N(C)CI)CCCC1. The molecule has 1 aliphatic carbocycles. The molecule has 3 rings (SSSR count). The average Bonchev–Trinajstić information content (AvgIpc) is 3.17. The molecule has 0 aliphatic heterocycles. The van der Waals surface area contributed by atoms with Gasteiger partial charge in [0.2, 0.25) is 0 Å². The zero-order valence-electron chi connectivity index (χ0n) is 16.5. The van der Waals surface area contributed by atoms with Crippen LogP contribution in [0.25, 0.3) is 0 Å². The molecule has 0 heterocycles. The normalized spacial score (nSPS) is 17.1. The van der Waals surface area contributed by atoms with E-state index in [4.69, 9.17) is 0 Å².